The van der Waals surface area contributed by atoms with Crippen molar-refractivity contribution in [3.63, 3.8) is 0 Å². The number of nitrogens with zero attached hydrogens (tertiary/aromatic N) is 2. The zero-order valence-corrected chi connectivity index (χ0v) is 13.6. The first kappa shape index (κ1) is 16.2. The number of rotatable bonds is 5. The lowest BCUT2D eigenvalue weighted by Gasteiger charge is -2.33. The summed E-state index contributed by atoms with van der Waals surface area (Å²) in [6, 6.07) is 11.5. The third kappa shape index (κ3) is 3.20. The Morgan fingerprint density at radius 2 is 2.00 bits per heavy atom. The number of carbonyl (C=O) groups is 1. The van der Waals surface area contributed by atoms with Crippen LogP contribution in [0.25, 0.3) is 5.69 Å². The number of amides is 1. The normalized spacial score (nSPS) is 13.9. The van der Waals surface area contributed by atoms with Gasteiger partial charge in [0.05, 0.1) is 11.2 Å². The Morgan fingerprint density at radius 3 is 2.55 bits per heavy atom. The van der Waals surface area contributed by atoms with Crippen molar-refractivity contribution < 1.29 is 4.79 Å². The molecule has 0 bridgehead atoms. The van der Waals surface area contributed by atoms with E-state index in [2.05, 4.69) is 10.4 Å². The Labute approximate surface area is 131 Å². The number of aryl methyl sites for hydroxylation is 1. The number of carbonyl (C=O) groups excluding carboxylic acids is 1. The first-order chi connectivity index (χ1) is 10.4. The minimum Gasteiger partial charge on any atom is -0.344 e. The lowest BCUT2D eigenvalue weighted by molar-refractivity contribution is 0.0877. The topological polar surface area (TPSA) is 72.9 Å². The number of benzene rings is 1. The molecule has 5 heteroatoms. The zero-order valence-electron chi connectivity index (χ0n) is 13.6. The first-order valence-electron chi connectivity index (χ1n) is 7.52. The fourth-order valence-corrected chi connectivity index (χ4v) is 2.17. The molecule has 0 aliphatic carbocycles. The van der Waals surface area contributed by atoms with Gasteiger partial charge in [0.1, 0.15) is 0 Å². The van der Waals surface area contributed by atoms with Crippen molar-refractivity contribution in [3.05, 3.63) is 47.8 Å². The number of nitrogens with one attached hydrogen (secondary N) is 1. The minimum atomic E-state index is -0.443. The Hall–Kier alpha value is -2.14. The van der Waals surface area contributed by atoms with Gasteiger partial charge in [-0.3, -0.25) is 4.79 Å². The summed E-state index contributed by atoms with van der Waals surface area (Å²) in [6.07, 6.45) is 0. The molecule has 1 unspecified atom stereocenters. The zero-order chi connectivity index (χ0) is 16.3. The monoisotopic (exact) mass is 300 g/mol. The largest absolute Gasteiger partial charge is 0.344 e. The SMILES string of the molecule is Cc1cc(C(=O)NC(C)(CN)C(C)C)nn1-c1ccccc1. The molecule has 5 nitrogen and oxygen atoms in total. The van der Waals surface area contributed by atoms with E-state index in [-0.39, 0.29) is 11.8 Å². The quantitative estimate of drug-likeness (QED) is 0.889. The molecule has 0 aliphatic rings. The van der Waals surface area contributed by atoms with Crippen LogP contribution in [0.5, 0.6) is 0 Å². The van der Waals surface area contributed by atoms with E-state index in [4.69, 9.17) is 5.73 Å². The number of hydrogen-bond acceptors (Lipinski definition) is 3. The molecule has 2 rings (SSSR count). The van der Waals surface area contributed by atoms with Gasteiger partial charge in [-0.05, 0) is 38.0 Å². The molecule has 3 N–H and O–H groups in total. The molecule has 0 saturated carbocycles. The van der Waals surface area contributed by atoms with E-state index < -0.39 is 5.54 Å². The van der Waals surface area contributed by atoms with Gasteiger partial charge in [0.15, 0.2) is 5.69 Å². The van der Waals surface area contributed by atoms with Crippen molar-refractivity contribution in [1.29, 1.82) is 0 Å². The fraction of sp³-hybridized carbons (Fsp3) is 0.412. The van der Waals surface area contributed by atoms with Gasteiger partial charge in [0, 0.05) is 12.2 Å². The molecule has 1 aromatic heterocycles. The maximum atomic E-state index is 12.5. The molecule has 0 radical (unpaired) electrons. The summed E-state index contributed by atoms with van der Waals surface area (Å²) in [7, 11) is 0. The van der Waals surface area contributed by atoms with Gasteiger partial charge >= 0.3 is 0 Å². The Bertz CT molecular complexity index is 648. The van der Waals surface area contributed by atoms with Crippen LogP contribution in [0.15, 0.2) is 36.4 Å². The van der Waals surface area contributed by atoms with Crippen molar-refractivity contribution >= 4 is 5.91 Å². The van der Waals surface area contributed by atoms with E-state index in [0.29, 0.717) is 12.2 Å². The fourth-order valence-electron chi connectivity index (χ4n) is 2.17. The Balaban J connectivity index is 2.26. The number of nitrogens with two attached hydrogens (primary N) is 1. The van der Waals surface area contributed by atoms with E-state index in [1.807, 2.05) is 58.0 Å². The van der Waals surface area contributed by atoms with Gasteiger partial charge in [0.25, 0.3) is 5.91 Å². The summed E-state index contributed by atoms with van der Waals surface area (Å²) in [5.74, 6) is 0.0400. The van der Waals surface area contributed by atoms with Crippen LogP contribution in [0.3, 0.4) is 0 Å². The van der Waals surface area contributed by atoms with E-state index in [1.165, 1.54) is 0 Å². The van der Waals surface area contributed by atoms with Gasteiger partial charge in [0.2, 0.25) is 0 Å². The number of para-hydroxylation sites is 1. The van der Waals surface area contributed by atoms with Crippen LogP contribution in [-0.2, 0) is 0 Å². The van der Waals surface area contributed by atoms with Gasteiger partial charge in [-0.15, -0.1) is 0 Å². The van der Waals surface area contributed by atoms with E-state index in [9.17, 15) is 4.79 Å². The van der Waals surface area contributed by atoms with Gasteiger partial charge in [-0.25, -0.2) is 4.68 Å². The van der Waals surface area contributed by atoms with Crippen molar-refractivity contribution in [2.24, 2.45) is 11.7 Å². The molecule has 0 spiro atoms. The second kappa shape index (κ2) is 6.32. The highest BCUT2D eigenvalue weighted by Gasteiger charge is 2.29. The summed E-state index contributed by atoms with van der Waals surface area (Å²) >= 11 is 0. The average Bonchev–Trinajstić information content (AvgIpc) is 2.90. The van der Waals surface area contributed by atoms with E-state index >= 15 is 0 Å². The van der Waals surface area contributed by atoms with Crippen molar-refractivity contribution in [1.82, 2.24) is 15.1 Å². The van der Waals surface area contributed by atoms with E-state index in [0.717, 1.165) is 11.4 Å². The van der Waals surface area contributed by atoms with Crippen LogP contribution in [0, 0.1) is 12.8 Å². The van der Waals surface area contributed by atoms with Crippen LogP contribution in [0.4, 0.5) is 0 Å². The Morgan fingerprint density at radius 1 is 1.36 bits per heavy atom. The van der Waals surface area contributed by atoms with E-state index in [1.54, 1.807) is 10.7 Å². The molecule has 1 aromatic carbocycles. The van der Waals surface area contributed by atoms with Crippen LogP contribution in [-0.4, -0.2) is 27.8 Å². The molecule has 1 heterocycles. The maximum absolute atomic E-state index is 12.5. The Kier molecular flexibility index (Phi) is 4.66. The molecule has 0 fully saturated rings. The van der Waals surface area contributed by atoms with Crippen molar-refractivity contribution in [3.8, 4) is 5.69 Å². The molecule has 0 saturated heterocycles. The van der Waals surface area contributed by atoms with Gasteiger partial charge < -0.3 is 11.1 Å². The van der Waals surface area contributed by atoms with Crippen molar-refractivity contribution in [2.45, 2.75) is 33.2 Å². The molecule has 1 atom stereocenters. The summed E-state index contributed by atoms with van der Waals surface area (Å²) in [4.78, 5) is 12.5. The predicted molar refractivity (Wildman–Crippen MR) is 88.1 cm³/mol. The predicted octanol–water partition coefficient (Wildman–Crippen LogP) is 2.28. The molecule has 0 aliphatic heterocycles. The first-order valence-corrected chi connectivity index (χ1v) is 7.52. The lowest BCUT2D eigenvalue weighted by atomic mass is 9.88. The second-order valence-electron chi connectivity index (χ2n) is 6.15. The highest BCUT2D eigenvalue weighted by Crippen LogP contribution is 2.17. The number of aromatic nitrogens is 2. The second-order valence-corrected chi connectivity index (χ2v) is 6.15. The summed E-state index contributed by atoms with van der Waals surface area (Å²) in [5.41, 5.74) is 7.63. The van der Waals surface area contributed by atoms with Gasteiger partial charge in [-0.2, -0.15) is 5.10 Å². The number of hydrogen-bond donors (Lipinski definition) is 2. The highest BCUT2D eigenvalue weighted by molar-refractivity contribution is 5.93. The third-order valence-corrected chi connectivity index (χ3v) is 4.22. The van der Waals surface area contributed by atoms with Crippen LogP contribution in [0.1, 0.15) is 37.0 Å². The van der Waals surface area contributed by atoms with Crippen molar-refractivity contribution in [2.75, 3.05) is 6.54 Å². The van der Waals surface area contributed by atoms with Crippen LogP contribution >= 0.6 is 0 Å². The molecular formula is C17H24N4O. The third-order valence-electron chi connectivity index (χ3n) is 4.22. The standard InChI is InChI=1S/C17H24N4O/c1-12(2)17(4,11-18)19-16(22)15-10-13(3)21(20-15)14-8-6-5-7-9-14/h5-10,12H,11,18H2,1-4H3,(H,19,22). The highest BCUT2D eigenvalue weighted by atomic mass is 16.2. The molecule has 1 amide bonds. The summed E-state index contributed by atoms with van der Waals surface area (Å²) in [5, 5.41) is 7.43. The maximum Gasteiger partial charge on any atom is 0.272 e. The summed E-state index contributed by atoms with van der Waals surface area (Å²) in [6.45, 7) is 8.36. The summed E-state index contributed by atoms with van der Waals surface area (Å²) < 4.78 is 1.77. The minimum absolute atomic E-state index is 0.195. The average molecular weight is 300 g/mol. The van der Waals surface area contributed by atoms with Crippen LogP contribution < -0.4 is 11.1 Å². The smallest absolute Gasteiger partial charge is 0.272 e. The molecular weight excluding hydrogens is 276 g/mol. The lowest BCUT2D eigenvalue weighted by Crippen LogP contribution is -2.55. The molecule has 118 valence electrons. The molecule has 2 aromatic rings. The van der Waals surface area contributed by atoms with Gasteiger partial charge in [-0.1, -0.05) is 32.0 Å². The molecule has 22 heavy (non-hydrogen) atoms. The van der Waals surface area contributed by atoms with Crippen LogP contribution in [0.2, 0.25) is 0 Å².